The number of nitrogens with zero attached hydrogens (tertiary/aromatic N) is 1. The van der Waals surface area contributed by atoms with E-state index in [2.05, 4.69) is 25.8 Å². The van der Waals surface area contributed by atoms with E-state index in [1.165, 1.54) is 25.9 Å². The third-order valence-corrected chi connectivity index (χ3v) is 3.28. The van der Waals surface area contributed by atoms with Crippen molar-refractivity contribution in [3.63, 3.8) is 0 Å². The molecule has 0 radical (unpaired) electrons. The molecule has 78 valence electrons. The number of hydrogen-bond donors (Lipinski definition) is 1. The van der Waals surface area contributed by atoms with E-state index < -0.39 is 0 Å². The van der Waals surface area contributed by atoms with Crippen molar-refractivity contribution in [2.45, 2.75) is 26.7 Å². The summed E-state index contributed by atoms with van der Waals surface area (Å²) in [4.78, 5) is 7.16. The Morgan fingerprint density at radius 3 is 2.38 bits per heavy atom. The Hall–Kier alpha value is -0.120. The minimum atomic E-state index is 0.232. The zero-order chi connectivity index (χ0) is 9.90. The van der Waals surface area contributed by atoms with Gasteiger partial charge in [0, 0.05) is 0 Å². The summed E-state index contributed by atoms with van der Waals surface area (Å²) in [6.45, 7) is 7.57. The Morgan fingerprint density at radius 1 is 1.38 bits per heavy atom. The van der Waals surface area contributed by atoms with Crippen LogP contribution >= 0.6 is 0 Å². The summed E-state index contributed by atoms with van der Waals surface area (Å²) in [6, 6.07) is 0. The molecule has 0 amide bonds. The van der Waals surface area contributed by atoms with E-state index in [9.17, 15) is 0 Å². The second kappa shape index (κ2) is 4.40. The molecule has 0 aromatic carbocycles. The fourth-order valence-electron chi connectivity index (χ4n) is 2.12. The minimum absolute atomic E-state index is 0.232. The van der Waals surface area contributed by atoms with Gasteiger partial charge in [-0.3, -0.25) is 0 Å². The van der Waals surface area contributed by atoms with Gasteiger partial charge in [-0.15, -0.1) is 0 Å². The molecule has 1 heterocycles. The van der Waals surface area contributed by atoms with Crippen molar-refractivity contribution < 1.29 is 4.84 Å². The molecular formula is C10H22N2O. The van der Waals surface area contributed by atoms with Gasteiger partial charge < -0.3 is 9.74 Å². The Kier molecular flexibility index (Phi) is 3.71. The van der Waals surface area contributed by atoms with Crippen molar-refractivity contribution in [2.24, 2.45) is 17.2 Å². The number of hydrogen-bond acceptors (Lipinski definition) is 3. The van der Waals surface area contributed by atoms with Gasteiger partial charge in [-0.1, -0.05) is 13.8 Å². The fourth-order valence-corrected chi connectivity index (χ4v) is 2.12. The Labute approximate surface area is 81.2 Å². The summed E-state index contributed by atoms with van der Waals surface area (Å²) in [5, 5.41) is 0. The van der Waals surface area contributed by atoms with Crippen LogP contribution in [0.2, 0.25) is 0 Å². The molecular weight excluding hydrogens is 164 g/mol. The van der Waals surface area contributed by atoms with Crippen LogP contribution in [0.5, 0.6) is 0 Å². The lowest BCUT2D eigenvalue weighted by Gasteiger charge is -2.38. The lowest BCUT2D eigenvalue weighted by atomic mass is 9.74. The number of likely N-dealkylation sites (tertiary alicyclic amines) is 1. The van der Waals surface area contributed by atoms with Gasteiger partial charge >= 0.3 is 0 Å². The summed E-state index contributed by atoms with van der Waals surface area (Å²) >= 11 is 0. The molecule has 0 atom stereocenters. The van der Waals surface area contributed by atoms with E-state index >= 15 is 0 Å². The number of rotatable bonds is 3. The van der Waals surface area contributed by atoms with E-state index in [1.807, 2.05) is 0 Å². The highest BCUT2D eigenvalue weighted by Gasteiger charge is 2.31. The summed E-state index contributed by atoms with van der Waals surface area (Å²) in [5.41, 5.74) is 0.232. The van der Waals surface area contributed by atoms with Crippen LogP contribution in [-0.2, 0) is 4.84 Å². The van der Waals surface area contributed by atoms with Gasteiger partial charge in [0.2, 0.25) is 0 Å². The predicted molar refractivity (Wildman–Crippen MR) is 54.1 cm³/mol. The molecule has 3 heteroatoms. The van der Waals surface area contributed by atoms with Crippen LogP contribution in [-0.4, -0.2) is 31.6 Å². The predicted octanol–water partition coefficient (Wildman–Crippen LogP) is 1.24. The molecule has 1 aliphatic rings. The number of nitrogens with two attached hydrogens (primary N) is 1. The smallest absolute Gasteiger partial charge is 0.0732 e. The molecule has 1 rings (SSSR count). The van der Waals surface area contributed by atoms with Crippen LogP contribution in [0.3, 0.4) is 0 Å². The maximum Gasteiger partial charge on any atom is 0.0732 e. The average molecular weight is 186 g/mol. The first-order valence-electron chi connectivity index (χ1n) is 5.06. The van der Waals surface area contributed by atoms with Crippen LogP contribution in [0, 0.1) is 11.3 Å². The van der Waals surface area contributed by atoms with Crippen molar-refractivity contribution in [2.75, 3.05) is 26.7 Å². The Morgan fingerprint density at radius 2 is 1.92 bits per heavy atom. The summed E-state index contributed by atoms with van der Waals surface area (Å²) in [7, 11) is 2.18. The molecule has 0 unspecified atom stereocenters. The molecule has 0 aliphatic carbocycles. The van der Waals surface area contributed by atoms with Crippen molar-refractivity contribution in [3.8, 4) is 0 Å². The van der Waals surface area contributed by atoms with Gasteiger partial charge in [-0.25, -0.2) is 5.90 Å². The highest BCUT2D eigenvalue weighted by atomic mass is 16.6. The largest absolute Gasteiger partial charge is 0.306 e. The fraction of sp³-hybridized carbons (Fsp3) is 1.00. The van der Waals surface area contributed by atoms with Gasteiger partial charge in [-0.05, 0) is 44.3 Å². The van der Waals surface area contributed by atoms with E-state index in [0.29, 0.717) is 6.61 Å². The van der Waals surface area contributed by atoms with Crippen LogP contribution in [0.4, 0.5) is 0 Å². The quantitative estimate of drug-likeness (QED) is 0.674. The monoisotopic (exact) mass is 186 g/mol. The van der Waals surface area contributed by atoms with Crippen molar-refractivity contribution in [3.05, 3.63) is 0 Å². The Bertz CT molecular complexity index is 151. The zero-order valence-electron chi connectivity index (χ0n) is 9.05. The SMILES string of the molecule is CN1CCC(C(C)(C)CON)CC1. The highest BCUT2D eigenvalue weighted by molar-refractivity contribution is 4.82. The second-order valence-corrected chi connectivity index (χ2v) is 4.88. The first kappa shape index (κ1) is 11.0. The maximum absolute atomic E-state index is 5.14. The minimum Gasteiger partial charge on any atom is -0.306 e. The van der Waals surface area contributed by atoms with E-state index in [-0.39, 0.29) is 5.41 Å². The van der Waals surface area contributed by atoms with Crippen LogP contribution in [0.15, 0.2) is 0 Å². The molecule has 0 saturated carbocycles. The van der Waals surface area contributed by atoms with Gasteiger partial charge in [0.05, 0.1) is 6.61 Å². The van der Waals surface area contributed by atoms with Gasteiger partial charge in [0.1, 0.15) is 0 Å². The molecule has 0 aromatic heterocycles. The van der Waals surface area contributed by atoms with Gasteiger partial charge in [0.25, 0.3) is 0 Å². The first-order valence-corrected chi connectivity index (χ1v) is 5.06. The molecule has 0 bridgehead atoms. The molecule has 1 aliphatic heterocycles. The molecule has 0 spiro atoms. The zero-order valence-corrected chi connectivity index (χ0v) is 9.05. The Balaban J connectivity index is 2.42. The first-order chi connectivity index (χ1) is 6.06. The van der Waals surface area contributed by atoms with Crippen LogP contribution in [0.1, 0.15) is 26.7 Å². The number of piperidine rings is 1. The molecule has 1 saturated heterocycles. The second-order valence-electron chi connectivity index (χ2n) is 4.88. The third kappa shape index (κ3) is 2.93. The van der Waals surface area contributed by atoms with Crippen molar-refractivity contribution >= 4 is 0 Å². The lowest BCUT2D eigenvalue weighted by molar-refractivity contribution is 0.00797. The maximum atomic E-state index is 5.14. The van der Waals surface area contributed by atoms with Crippen molar-refractivity contribution in [1.82, 2.24) is 4.90 Å². The molecule has 2 N–H and O–H groups in total. The molecule has 0 aromatic rings. The summed E-state index contributed by atoms with van der Waals surface area (Å²) in [6.07, 6.45) is 2.54. The normalized spacial score (nSPS) is 22.2. The summed E-state index contributed by atoms with van der Waals surface area (Å²) in [5.74, 6) is 5.89. The standard InChI is InChI=1S/C10H22N2O/c1-10(2,8-13-11)9-4-6-12(3)7-5-9/h9H,4-8,11H2,1-3H3. The molecule has 1 fully saturated rings. The van der Waals surface area contributed by atoms with E-state index in [0.717, 1.165) is 5.92 Å². The van der Waals surface area contributed by atoms with E-state index in [4.69, 9.17) is 10.7 Å². The molecule has 3 nitrogen and oxygen atoms in total. The van der Waals surface area contributed by atoms with Gasteiger partial charge in [-0.2, -0.15) is 0 Å². The van der Waals surface area contributed by atoms with E-state index in [1.54, 1.807) is 0 Å². The highest BCUT2D eigenvalue weighted by Crippen LogP contribution is 2.34. The van der Waals surface area contributed by atoms with Crippen LogP contribution in [0.25, 0.3) is 0 Å². The van der Waals surface area contributed by atoms with Gasteiger partial charge in [0.15, 0.2) is 0 Å². The van der Waals surface area contributed by atoms with Crippen LogP contribution < -0.4 is 5.90 Å². The lowest BCUT2D eigenvalue weighted by Crippen LogP contribution is -2.39. The third-order valence-electron chi connectivity index (χ3n) is 3.28. The average Bonchev–Trinajstić information content (AvgIpc) is 2.05. The topological polar surface area (TPSA) is 38.5 Å². The van der Waals surface area contributed by atoms with Crippen molar-refractivity contribution in [1.29, 1.82) is 0 Å². The summed E-state index contributed by atoms with van der Waals surface area (Å²) < 4.78 is 0. The molecule has 13 heavy (non-hydrogen) atoms.